The Morgan fingerprint density at radius 1 is 0.962 bits per heavy atom. The van der Waals surface area contributed by atoms with E-state index in [1.807, 2.05) is 43.3 Å². The smallest absolute Gasteiger partial charge is 0.255 e. The summed E-state index contributed by atoms with van der Waals surface area (Å²) in [5.74, 6) is 1.46. The van der Waals surface area contributed by atoms with Gasteiger partial charge in [0.05, 0.1) is 6.61 Å². The molecule has 140 valence electrons. The van der Waals surface area contributed by atoms with Crippen LogP contribution in [0, 0.1) is 0 Å². The van der Waals surface area contributed by atoms with Gasteiger partial charge in [-0.1, -0.05) is 20.8 Å². The van der Waals surface area contributed by atoms with E-state index < -0.39 is 8.32 Å². The minimum atomic E-state index is -1.88. The highest BCUT2D eigenvalue weighted by Gasteiger charge is 2.38. The molecule has 0 spiro atoms. The molecule has 2 aromatic carbocycles. The maximum Gasteiger partial charge on any atom is 0.255 e. The van der Waals surface area contributed by atoms with E-state index in [1.165, 1.54) is 0 Å². The van der Waals surface area contributed by atoms with Crippen LogP contribution in [0.4, 0.5) is 5.69 Å². The van der Waals surface area contributed by atoms with Gasteiger partial charge in [0, 0.05) is 11.3 Å². The van der Waals surface area contributed by atoms with Gasteiger partial charge in [-0.25, -0.2) is 0 Å². The van der Waals surface area contributed by atoms with Crippen molar-refractivity contribution in [1.82, 2.24) is 0 Å². The van der Waals surface area contributed by atoms with Gasteiger partial charge in [0.2, 0.25) is 8.32 Å². The lowest BCUT2D eigenvalue weighted by molar-refractivity contribution is 0.102. The lowest BCUT2D eigenvalue weighted by Crippen LogP contribution is -2.43. The van der Waals surface area contributed by atoms with Gasteiger partial charge in [0.15, 0.2) is 0 Å². The first kappa shape index (κ1) is 20.0. The van der Waals surface area contributed by atoms with Crippen LogP contribution in [0.2, 0.25) is 18.1 Å². The van der Waals surface area contributed by atoms with Crippen molar-refractivity contribution < 1.29 is 14.0 Å². The van der Waals surface area contributed by atoms with Gasteiger partial charge < -0.3 is 14.5 Å². The molecule has 2 aromatic rings. The molecule has 0 radical (unpaired) electrons. The second-order valence-corrected chi connectivity index (χ2v) is 12.5. The first-order valence-corrected chi connectivity index (χ1v) is 11.9. The highest BCUT2D eigenvalue weighted by atomic mass is 28.4. The SMILES string of the molecule is CCOc1ccc(NC(=O)c2ccc(O[Si](C)(C)C(C)(C)C)cc2)cc1. The van der Waals surface area contributed by atoms with Crippen LogP contribution >= 0.6 is 0 Å². The molecule has 0 unspecified atom stereocenters. The summed E-state index contributed by atoms with van der Waals surface area (Å²) in [5.41, 5.74) is 1.33. The number of hydrogen-bond donors (Lipinski definition) is 1. The number of rotatable bonds is 6. The topological polar surface area (TPSA) is 47.6 Å². The third-order valence-corrected chi connectivity index (χ3v) is 9.08. The number of anilines is 1. The average molecular weight is 372 g/mol. The predicted octanol–water partition coefficient (Wildman–Crippen LogP) is 5.72. The van der Waals surface area contributed by atoms with E-state index in [2.05, 4.69) is 39.2 Å². The Kier molecular flexibility index (Phi) is 6.13. The summed E-state index contributed by atoms with van der Waals surface area (Å²) >= 11 is 0. The van der Waals surface area contributed by atoms with E-state index in [-0.39, 0.29) is 10.9 Å². The number of benzene rings is 2. The molecule has 0 bridgehead atoms. The molecule has 0 fully saturated rings. The number of nitrogens with one attached hydrogen (secondary N) is 1. The van der Waals surface area contributed by atoms with E-state index in [9.17, 15) is 4.79 Å². The number of ether oxygens (including phenoxy) is 1. The number of carbonyl (C=O) groups excluding carboxylic acids is 1. The number of amides is 1. The Morgan fingerprint density at radius 3 is 2.00 bits per heavy atom. The Balaban J connectivity index is 2.02. The number of hydrogen-bond acceptors (Lipinski definition) is 3. The van der Waals surface area contributed by atoms with Crippen LogP contribution in [-0.4, -0.2) is 20.8 Å². The highest BCUT2D eigenvalue weighted by Crippen LogP contribution is 2.37. The van der Waals surface area contributed by atoms with Crippen molar-refractivity contribution in [3.05, 3.63) is 54.1 Å². The molecule has 0 saturated heterocycles. The highest BCUT2D eigenvalue weighted by molar-refractivity contribution is 6.74. The van der Waals surface area contributed by atoms with E-state index in [4.69, 9.17) is 9.16 Å². The first-order chi connectivity index (χ1) is 12.1. The Morgan fingerprint density at radius 2 is 1.50 bits per heavy atom. The fourth-order valence-corrected chi connectivity index (χ4v) is 3.16. The van der Waals surface area contributed by atoms with Gasteiger partial charge in [-0.15, -0.1) is 0 Å². The molecule has 2 rings (SSSR count). The normalized spacial score (nSPS) is 11.8. The van der Waals surface area contributed by atoms with Gasteiger partial charge in [-0.3, -0.25) is 4.79 Å². The van der Waals surface area contributed by atoms with Crippen LogP contribution in [0.15, 0.2) is 48.5 Å². The minimum absolute atomic E-state index is 0.136. The van der Waals surface area contributed by atoms with Crippen molar-refractivity contribution in [2.45, 2.75) is 45.8 Å². The van der Waals surface area contributed by atoms with E-state index in [1.54, 1.807) is 12.1 Å². The lowest BCUT2D eigenvalue weighted by atomic mass is 10.2. The molecule has 0 saturated carbocycles. The maximum atomic E-state index is 12.4. The van der Waals surface area contributed by atoms with Gasteiger partial charge in [-0.05, 0) is 73.6 Å². The van der Waals surface area contributed by atoms with Crippen LogP contribution < -0.4 is 14.5 Å². The Labute approximate surface area is 157 Å². The number of carbonyl (C=O) groups is 1. The molecule has 1 amide bonds. The maximum absolute atomic E-state index is 12.4. The van der Waals surface area contributed by atoms with Crippen molar-refractivity contribution in [2.24, 2.45) is 0 Å². The van der Waals surface area contributed by atoms with Crippen molar-refractivity contribution >= 4 is 19.9 Å². The average Bonchev–Trinajstić information content (AvgIpc) is 2.56. The summed E-state index contributed by atoms with van der Waals surface area (Å²) < 4.78 is 11.7. The van der Waals surface area contributed by atoms with Crippen molar-refractivity contribution in [3.63, 3.8) is 0 Å². The quantitative estimate of drug-likeness (QED) is 0.660. The van der Waals surface area contributed by atoms with E-state index >= 15 is 0 Å². The first-order valence-electron chi connectivity index (χ1n) is 8.96. The predicted molar refractivity (Wildman–Crippen MR) is 110 cm³/mol. The zero-order valence-electron chi connectivity index (χ0n) is 16.6. The molecule has 4 nitrogen and oxygen atoms in total. The summed E-state index contributed by atoms with van der Waals surface area (Å²) in [7, 11) is -1.88. The Bertz CT molecular complexity index is 731. The molecule has 1 N–H and O–H groups in total. The Hall–Kier alpha value is -2.27. The van der Waals surface area contributed by atoms with Crippen LogP contribution in [-0.2, 0) is 0 Å². The monoisotopic (exact) mass is 371 g/mol. The van der Waals surface area contributed by atoms with Crippen molar-refractivity contribution in [2.75, 3.05) is 11.9 Å². The summed E-state index contributed by atoms with van der Waals surface area (Å²) in [4.78, 5) is 12.4. The van der Waals surface area contributed by atoms with E-state index in [0.717, 1.165) is 17.2 Å². The molecule has 26 heavy (non-hydrogen) atoms. The standard InChI is InChI=1S/C21H29NO3Si/c1-7-24-18-14-10-17(11-15-18)22-20(23)16-8-12-19(13-9-16)25-26(5,6)21(2,3)4/h8-15H,7H2,1-6H3,(H,22,23). The summed E-state index contributed by atoms with van der Waals surface area (Å²) in [6, 6.07) is 14.7. The second kappa shape index (κ2) is 7.95. The molecule has 0 aliphatic rings. The van der Waals surface area contributed by atoms with Gasteiger partial charge >= 0.3 is 0 Å². The lowest BCUT2D eigenvalue weighted by Gasteiger charge is -2.36. The third-order valence-electron chi connectivity index (χ3n) is 4.72. The summed E-state index contributed by atoms with van der Waals surface area (Å²) in [5, 5.41) is 3.03. The van der Waals surface area contributed by atoms with Crippen LogP contribution in [0.1, 0.15) is 38.1 Å². The largest absolute Gasteiger partial charge is 0.544 e. The van der Waals surface area contributed by atoms with Crippen molar-refractivity contribution in [1.29, 1.82) is 0 Å². The van der Waals surface area contributed by atoms with E-state index in [0.29, 0.717) is 12.2 Å². The summed E-state index contributed by atoms with van der Waals surface area (Å²) in [6.45, 7) is 13.6. The summed E-state index contributed by atoms with van der Waals surface area (Å²) in [6.07, 6.45) is 0. The minimum Gasteiger partial charge on any atom is -0.544 e. The van der Waals surface area contributed by atoms with Crippen LogP contribution in [0.5, 0.6) is 11.5 Å². The fourth-order valence-electron chi connectivity index (χ4n) is 2.13. The van der Waals surface area contributed by atoms with Gasteiger partial charge in [0.1, 0.15) is 11.5 Å². The molecule has 0 aromatic heterocycles. The molecule has 5 heteroatoms. The molecule has 0 heterocycles. The molecule has 0 aliphatic heterocycles. The zero-order valence-corrected chi connectivity index (χ0v) is 17.6. The second-order valence-electron chi connectivity index (χ2n) is 7.80. The fraction of sp³-hybridized carbons (Fsp3) is 0.381. The van der Waals surface area contributed by atoms with Gasteiger partial charge in [0.25, 0.3) is 5.91 Å². The molecular formula is C21H29NO3Si. The van der Waals surface area contributed by atoms with Crippen LogP contribution in [0.25, 0.3) is 0 Å². The molecule has 0 aliphatic carbocycles. The molecule has 0 atom stereocenters. The van der Waals surface area contributed by atoms with Crippen molar-refractivity contribution in [3.8, 4) is 11.5 Å². The zero-order chi connectivity index (χ0) is 19.4. The molecular weight excluding hydrogens is 342 g/mol. The third kappa shape index (κ3) is 5.11. The van der Waals surface area contributed by atoms with Gasteiger partial charge in [-0.2, -0.15) is 0 Å². The van der Waals surface area contributed by atoms with Crippen LogP contribution in [0.3, 0.4) is 0 Å².